The van der Waals surface area contributed by atoms with Crippen molar-refractivity contribution in [2.24, 2.45) is 5.92 Å². The third-order valence-electron chi connectivity index (χ3n) is 9.70. The van der Waals surface area contributed by atoms with Crippen molar-refractivity contribution >= 4 is 16.6 Å². The van der Waals surface area contributed by atoms with Crippen LogP contribution in [0.1, 0.15) is 53.3 Å². The van der Waals surface area contributed by atoms with Gasteiger partial charge in [-0.1, -0.05) is 12.1 Å². The molecule has 3 aliphatic carbocycles. The van der Waals surface area contributed by atoms with Crippen LogP contribution in [0.4, 0.5) is 18.9 Å². The summed E-state index contributed by atoms with van der Waals surface area (Å²) >= 11 is 0. The van der Waals surface area contributed by atoms with Gasteiger partial charge in [0.1, 0.15) is 0 Å². The van der Waals surface area contributed by atoms with E-state index in [4.69, 9.17) is 15.5 Å². The van der Waals surface area contributed by atoms with E-state index in [-0.39, 0.29) is 23.7 Å². The predicted octanol–water partition coefficient (Wildman–Crippen LogP) is 4.24. The number of nitrogen functional groups attached to an aromatic ring is 1. The van der Waals surface area contributed by atoms with Gasteiger partial charge in [0, 0.05) is 41.2 Å². The smallest absolute Gasteiger partial charge is 0.416 e. The molecule has 5 aliphatic rings. The van der Waals surface area contributed by atoms with Crippen molar-refractivity contribution in [1.29, 1.82) is 0 Å². The molecule has 2 aliphatic heterocycles. The number of piperidine rings is 1. The highest BCUT2D eigenvalue weighted by molar-refractivity contribution is 5.93. The van der Waals surface area contributed by atoms with Crippen molar-refractivity contribution in [2.75, 3.05) is 18.8 Å². The fraction of sp³-hybridized carbons (Fsp3) is 0.464. The van der Waals surface area contributed by atoms with Gasteiger partial charge < -0.3 is 20.7 Å². The lowest BCUT2D eigenvalue weighted by Crippen LogP contribution is -2.74. The van der Waals surface area contributed by atoms with Crippen molar-refractivity contribution in [3.63, 3.8) is 0 Å². The van der Waals surface area contributed by atoms with E-state index in [1.54, 1.807) is 6.07 Å². The van der Waals surface area contributed by atoms with Gasteiger partial charge in [0.2, 0.25) is 0 Å². The maximum absolute atomic E-state index is 13.5. The van der Waals surface area contributed by atoms with Gasteiger partial charge in [0.05, 0.1) is 27.8 Å². The number of alkyl halides is 3. The molecule has 0 amide bonds. The summed E-state index contributed by atoms with van der Waals surface area (Å²) in [5.41, 5.74) is 7.20. The molecule has 8 rings (SSSR count). The summed E-state index contributed by atoms with van der Waals surface area (Å²) in [6, 6.07) is 6.80. The molecule has 1 saturated carbocycles. The lowest BCUT2D eigenvalue weighted by Gasteiger charge is -2.63. The molecule has 2 bridgehead atoms. The first-order valence-corrected chi connectivity index (χ1v) is 12.9. The number of likely N-dealkylation sites (tertiary alicyclic amines) is 1. The topological polar surface area (TPSA) is 91.8 Å². The number of phenols is 1. The highest BCUT2D eigenvalue weighted by Gasteiger charge is 2.73. The normalized spacial score (nSPS) is 31.7. The maximum atomic E-state index is 13.5. The molecule has 1 aromatic heterocycles. The van der Waals surface area contributed by atoms with E-state index >= 15 is 0 Å². The minimum absolute atomic E-state index is 0.00148. The minimum Gasteiger partial charge on any atom is -0.504 e. The zero-order chi connectivity index (χ0) is 25.5. The van der Waals surface area contributed by atoms with Crippen LogP contribution >= 0.6 is 0 Å². The number of aliphatic hydroxyl groups is 1. The van der Waals surface area contributed by atoms with Crippen LogP contribution in [-0.4, -0.2) is 44.8 Å². The van der Waals surface area contributed by atoms with E-state index in [9.17, 15) is 23.4 Å². The second-order valence-electron chi connectivity index (χ2n) is 11.5. The third kappa shape index (κ3) is 2.61. The van der Waals surface area contributed by atoms with Crippen LogP contribution in [0.3, 0.4) is 0 Å². The second-order valence-corrected chi connectivity index (χ2v) is 11.5. The zero-order valence-electron chi connectivity index (χ0n) is 20.0. The molecule has 3 aromatic rings. The average Bonchev–Trinajstić information content (AvgIpc) is 3.59. The number of aromatic hydroxyl groups is 1. The largest absolute Gasteiger partial charge is 0.504 e. The SMILES string of the molecule is Nc1c2c(nc3cc(C(F)(F)F)ccc13)C1Oc3c(O)ccc4c3[C@@]13CCN(CC1CC1)[C@@H](C4)C3(O)C2. The van der Waals surface area contributed by atoms with Crippen molar-refractivity contribution < 1.29 is 28.1 Å². The van der Waals surface area contributed by atoms with Crippen LogP contribution in [0.2, 0.25) is 0 Å². The van der Waals surface area contributed by atoms with E-state index < -0.39 is 28.9 Å². The number of benzene rings is 2. The highest BCUT2D eigenvalue weighted by atomic mass is 19.4. The quantitative estimate of drug-likeness (QED) is 0.479. The first kappa shape index (κ1) is 22.0. The number of hydrogen-bond donors (Lipinski definition) is 3. The number of ether oxygens (including phenoxy) is 1. The molecule has 2 fully saturated rings. The lowest BCUT2D eigenvalue weighted by atomic mass is 9.48. The first-order chi connectivity index (χ1) is 17.6. The van der Waals surface area contributed by atoms with E-state index in [2.05, 4.69) is 4.90 Å². The van der Waals surface area contributed by atoms with Gasteiger partial charge in [0.15, 0.2) is 17.6 Å². The fourth-order valence-corrected chi connectivity index (χ4v) is 7.85. The van der Waals surface area contributed by atoms with Gasteiger partial charge in [-0.25, -0.2) is 4.98 Å². The summed E-state index contributed by atoms with van der Waals surface area (Å²) in [4.78, 5) is 7.15. The van der Waals surface area contributed by atoms with E-state index in [0.717, 1.165) is 36.3 Å². The van der Waals surface area contributed by atoms with Crippen molar-refractivity contribution in [2.45, 2.75) is 61.4 Å². The molecule has 0 radical (unpaired) electrons. The molecular weight excluding hydrogens is 483 g/mol. The fourth-order valence-electron chi connectivity index (χ4n) is 7.85. The Hall–Kier alpha value is -3.04. The van der Waals surface area contributed by atoms with Crippen LogP contribution in [-0.2, 0) is 24.4 Å². The van der Waals surface area contributed by atoms with Gasteiger partial charge in [-0.3, -0.25) is 4.90 Å². The molecule has 4 N–H and O–H groups in total. The molecule has 37 heavy (non-hydrogen) atoms. The van der Waals surface area contributed by atoms with E-state index in [1.165, 1.54) is 18.9 Å². The highest BCUT2D eigenvalue weighted by Crippen LogP contribution is 2.69. The molecule has 2 unspecified atom stereocenters. The molecule has 2 aromatic carbocycles. The number of nitrogens with zero attached hydrogens (tertiary/aromatic N) is 2. The predicted molar refractivity (Wildman–Crippen MR) is 129 cm³/mol. The first-order valence-electron chi connectivity index (χ1n) is 12.9. The van der Waals surface area contributed by atoms with Crippen LogP contribution in [0.25, 0.3) is 10.9 Å². The number of hydrogen-bond acceptors (Lipinski definition) is 6. The Morgan fingerprint density at radius 2 is 2.00 bits per heavy atom. The number of pyridine rings is 1. The summed E-state index contributed by atoms with van der Waals surface area (Å²) in [5, 5.41) is 24.0. The standard InChI is InChI=1S/C28H26F3N3O3/c29-28(30,31)15-4-5-16-18(10-15)33-23-17(22(16)32)11-27(36)20-9-14-3-6-19(35)24-21(14)26(27,25(23)37-24)7-8-34(20)12-13-1-2-13/h3-6,10,13,20,25,35-36H,1-2,7-9,11-12H2,(H2,32,33)/t20-,25?,26-,27?/m0/s1. The lowest BCUT2D eigenvalue weighted by molar-refractivity contribution is -0.173. The Morgan fingerprint density at radius 1 is 1.19 bits per heavy atom. The summed E-state index contributed by atoms with van der Waals surface area (Å²) in [6.45, 7) is 1.71. The number of phenolic OH excluding ortho intramolecular Hbond substituents is 1. The van der Waals surface area contributed by atoms with Crippen molar-refractivity contribution in [3.8, 4) is 11.5 Å². The molecular formula is C28H26F3N3O3. The molecule has 4 atom stereocenters. The third-order valence-corrected chi connectivity index (χ3v) is 9.70. The number of rotatable bonds is 2. The number of nitrogens with two attached hydrogens (primary N) is 1. The Kier molecular flexibility index (Phi) is 3.97. The van der Waals surface area contributed by atoms with Crippen molar-refractivity contribution in [3.05, 3.63) is 58.3 Å². The van der Waals surface area contributed by atoms with Gasteiger partial charge in [-0.05, 0) is 61.9 Å². The summed E-state index contributed by atoms with van der Waals surface area (Å²) < 4.78 is 47.0. The number of anilines is 1. The maximum Gasteiger partial charge on any atom is 0.416 e. The average molecular weight is 510 g/mol. The summed E-state index contributed by atoms with van der Waals surface area (Å²) in [6.07, 6.45) is -1.38. The van der Waals surface area contributed by atoms with Crippen LogP contribution in [0.15, 0.2) is 30.3 Å². The van der Waals surface area contributed by atoms with E-state index in [1.807, 2.05) is 6.07 Å². The van der Waals surface area contributed by atoms with Crippen LogP contribution < -0.4 is 10.5 Å². The minimum atomic E-state index is -4.51. The molecule has 1 spiro atoms. The van der Waals surface area contributed by atoms with Crippen LogP contribution in [0, 0.1) is 5.92 Å². The Morgan fingerprint density at radius 3 is 2.76 bits per heavy atom. The summed E-state index contributed by atoms with van der Waals surface area (Å²) in [5.74, 6) is 1.00. The van der Waals surface area contributed by atoms with Crippen LogP contribution in [0.5, 0.6) is 11.5 Å². The number of halogens is 3. The molecule has 192 valence electrons. The molecule has 3 heterocycles. The summed E-state index contributed by atoms with van der Waals surface area (Å²) in [7, 11) is 0. The Labute approximate surface area is 210 Å². The Balaban J connectivity index is 1.39. The van der Waals surface area contributed by atoms with Gasteiger partial charge in [-0.15, -0.1) is 0 Å². The zero-order valence-corrected chi connectivity index (χ0v) is 20.0. The Bertz CT molecular complexity index is 1520. The number of fused-ring (bicyclic) bond motifs is 3. The molecule has 9 heteroatoms. The van der Waals surface area contributed by atoms with Gasteiger partial charge >= 0.3 is 6.18 Å². The number of aromatic nitrogens is 1. The van der Waals surface area contributed by atoms with Crippen molar-refractivity contribution in [1.82, 2.24) is 9.88 Å². The van der Waals surface area contributed by atoms with Gasteiger partial charge in [-0.2, -0.15) is 13.2 Å². The van der Waals surface area contributed by atoms with Gasteiger partial charge in [0.25, 0.3) is 0 Å². The molecule has 6 nitrogen and oxygen atoms in total. The molecule has 1 saturated heterocycles. The van der Waals surface area contributed by atoms with E-state index in [0.29, 0.717) is 46.8 Å². The second kappa shape index (κ2) is 6.69. The monoisotopic (exact) mass is 509 g/mol.